The zero-order chi connectivity index (χ0) is 13.2. The maximum Gasteiger partial charge on any atom is 0.241 e. The summed E-state index contributed by atoms with van der Waals surface area (Å²) in [4.78, 5) is 4.21. The summed E-state index contributed by atoms with van der Waals surface area (Å²) in [7, 11) is -3.41. The van der Waals surface area contributed by atoms with Crippen molar-refractivity contribution < 1.29 is 12.6 Å². The van der Waals surface area contributed by atoms with Crippen LogP contribution < -0.4 is 10.0 Å². The van der Waals surface area contributed by atoms with Crippen molar-refractivity contribution in [3.05, 3.63) is 18.2 Å². The number of hydrogen-bond acceptors (Lipinski definition) is 5. The van der Waals surface area contributed by atoms with Gasteiger partial charge in [0.25, 0.3) is 0 Å². The first-order chi connectivity index (χ1) is 8.56. The Morgan fingerprint density at radius 2 is 2.11 bits per heavy atom. The lowest BCUT2D eigenvalue weighted by molar-refractivity contribution is 0.577. The molecule has 0 saturated heterocycles. The van der Waals surface area contributed by atoms with Crippen LogP contribution in [0.1, 0.15) is 0 Å². The van der Waals surface area contributed by atoms with E-state index in [9.17, 15) is 12.6 Å². The third-order valence-electron chi connectivity index (χ3n) is 2.40. The van der Waals surface area contributed by atoms with E-state index in [1.54, 1.807) is 19.2 Å². The van der Waals surface area contributed by atoms with Crippen molar-refractivity contribution in [2.24, 2.45) is 4.99 Å². The largest absolute Gasteiger partial charge is 0.318 e. The maximum absolute atomic E-state index is 12.1. The maximum atomic E-state index is 12.1. The average Bonchev–Trinajstić information content (AvgIpc) is 2.71. The van der Waals surface area contributed by atoms with Crippen molar-refractivity contribution >= 4 is 32.1 Å². The van der Waals surface area contributed by atoms with E-state index in [2.05, 4.69) is 15.0 Å². The second-order valence-electron chi connectivity index (χ2n) is 3.64. The van der Waals surface area contributed by atoms with Gasteiger partial charge in [0.2, 0.25) is 10.0 Å². The Hall–Kier alpha value is -1.09. The molecule has 0 aromatic heterocycles. The van der Waals surface area contributed by atoms with E-state index >= 15 is 0 Å². The van der Waals surface area contributed by atoms with E-state index < -0.39 is 20.8 Å². The summed E-state index contributed by atoms with van der Waals surface area (Å²) in [6, 6.07) is 4.67. The number of aliphatic imine (C=N–C) groups is 1. The SMILES string of the molecule is CNCCNS(=O)(=O)c1cccc2c1S(=O)C=N2. The van der Waals surface area contributed by atoms with Gasteiger partial charge in [0.1, 0.15) is 4.90 Å². The van der Waals surface area contributed by atoms with Crippen LogP contribution in [0.4, 0.5) is 5.69 Å². The fraction of sp³-hybridized carbons (Fsp3) is 0.300. The third kappa shape index (κ3) is 2.51. The van der Waals surface area contributed by atoms with Gasteiger partial charge in [-0.2, -0.15) is 0 Å². The first kappa shape index (κ1) is 13.3. The van der Waals surface area contributed by atoms with Crippen LogP contribution in [0.15, 0.2) is 33.0 Å². The van der Waals surface area contributed by atoms with Gasteiger partial charge in [-0.15, -0.1) is 0 Å². The smallest absolute Gasteiger partial charge is 0.241 e. The first-order valence-corrected chi connectivity index (χ1v) is 7.98. The Labute approximate surface area is 108 Å². The quantitative estimate of drug-likeness (QED) is 0.744. The Morgan fingerprint density at radius 3 is 2.83 bits per heavy atom. The number of nitrogens with one attached hydrogen (secondary N) is 2. The number of nitrogens with zero attached hydrogens (tertiary/aromatic N) is 1. The molecule has 0 amide bonds. The molecule has 1 unspecified atom stereocenters. The van der Waals surface area contributed by atoms with Gasteiger partial charge in [-0.05, 0) is 19.2 Å². The van der Waals surface area contributed by atoms with Gasteiger partial charge in [-0.25, -0.2) is 22.3 Å². The van der Waals surface area contributed by atoms with E-state index in [1.807, 2.05) is 0 Å². The summed E-state index contributed by atoms with van der Waals surface area (Å²) in [5, 5.41) is 2.84. The molecule has 0 radical (unpaired) electrons. The molecular weight excluding hydrogens is 274 g/mol. The molecule has 0 saturated carbocycles. The topological polar surface area (TPSA) is 87.6 Å². The van der Waals surface area contributed by atoms with Crippen molar-refractivity contribution in [3.63, 3.8) is 0 Å². The van der Waals surface area contributed by atoms with Crippen molar-refractivity contribution in [3.8, 4) is 0 Å². The summed E-state index contributed by atoms with van der Waals surface area (Å²) in [5.41, 5.74) is 1.70. The molecular formula is C10H13N3O3S2. The molecule has 0 bridgehead atoms. The summed E-state index contributed by atoms with van der Waals surface area (Å²) in [5.74, 6) is 0. The van der Waals surface area contributed by atoms with Gasteiger partial charge in [0.05, 0.1) is 26.9 Å². The van der Waals surface area contributed by atoms with Crippen LogP contribution in [-0.2, 0) is 20.8 Å². The average molecular weight is 287 g/mol. The van der Waals surface area contributed by atoms with Crippen LogP contribution in [0.5, 0.6) is 0 Å². The Balaban J connectivity index is 2.36. The number of benzene rings is 1. The summed E-state index contributed by atoms with van der Waals surface area (Å²) in [6.07, 6.45) is 0. The van der Waals surface area contributed by atoms with Crippen LogP contribution >= 0.6 is 0 Å². The van der Waals surface area contributed by atoms with Crippen molar-refractivity contribution in [2.45, 2.75) is 9.79 Å². The van der Waals surface area contributed by atoms with E-state index in [0.717, 1.165) is 0 Å². The van der Waals surface area contributed by atoms with Crippen LogP contribution in [0, 0.1) is 0 Å². The summed E-state index contributed by atoms with van der Waals surface area (Å²) >= 11 is 0. The lowest BCUT2D eigenvalue weighted by atomic mass is 10.3. The second kappa shape index (κ2) is 5.27. The predicted octanol–water partition coefficient (Wildman–Crippen LogP) is -0.0347. The molecule has 1 aliphatic heterocycles. The van der Waals surface area contributed by atoms with Gasteiger partial charge >= 0.3 is 0 Å². The van der Waals surface area contributed by atoms with Gasteiger partial charge in [-0.3, -0.25) is 0 Å². The molecule has 1 atom stereocenters. The second-order valence-corrected chi connectivity index (χ2v) is 6.59. The molecule has 18 heavy (non-hydrogen) atoms. The number of likely N-dealkylation sites (N-methyl/N-ethyl adjacent to an activating group) is 1. The number of rotatable bonds is 5. The van der Waals surface area contributed by atoms with Crippen molar-refractivity contribution in [2.75, 3.05) is 20.1 Å². The predicted molar refractivity (Wildman–Crippen MR) is 70.1 cm³/mol. The van der Waals surface area contributed by atoms with E-state index in [1.165, 1.54) is 11.6 Å². The van der Waals surface area contributed by atoms with Crippen LogP contribution in [0.3, 0.4) is 0 Å². The lowest BCUT2D eigenvalue weighted by Gasteiger charge is -2.09. The van der Waals surface area contributed by atoms with Gasteiger partial charge < -0.3 is 5.32 Å². The monoisotopic (exact) mass is 287 g/mol. The van der Waals surface area contributed by atoms with Crippen LogP contribution in [0.2, 0.25) is 0 Å². The van der Waals surface area contributed by atoms with Crippen LogP contribution in [-0.4, -0.2) is 38.3 Å². The van der Waals surface area contributed by atoms with E-state index in [-0.39, 0.29) is 16.3 Å². The number of fused-ring (bicyclic) bond motifs is 1. The van der Waals surface area contributed by atoms with Gasteiger partial charge in [0.15, 0.2) is 0 Å². The van der Waals surface area contributed by atoms with E-state index in [0.29, 0.717) is 12.2 Å². The highest BCUT2D eigenvalue weighted by atomic mass is 32.2. The minimum atomic E-state index is -3.65. The fourth-order valence-corrected chi connectivity index (χ4v) is 4.18. The first-order valence-electron chi connectivity index (χ1n) is 5.28. The Morgan fingerprint density at radius 1 is 1.33 bits per heavy atom. The molecule has 2 N–H and O–H groups in total. The third-order valence-corrected chi connectivity index (χ3v) is 5.16. The van der Waals surface area contributed by atoms with Gasteiger partial charge in [-0.1, -0.05) is 6.07 Å². The molecule has 1 heterocycles. The zero-order valence-corrected chi connectivity index (χ0v) is 11.3. The normalized spacial score (nSPS) is 17.9. The molecule has 0 aliphatic carbocycles. The Bertz CT molecular complexity index is 611. The lowest BCUT2D eigenvalue weighted by Crippen LogP contribution is -2.31. The molecule has 0 spiro atoms. The molecule has 1 aromatic rings. The molecule has 2 rings (SSSR count). The fourth-order valence-electron chi connectivity index (χ4n) is 1.57. The minimum Gasteiger partial charge on any atom is -0.318 e. The van der Waals surface area contributed by atoms with Crippen LogP contribution in [0.25, 0.3) is 0 Å². The van der Waals surface area contributed by atoms with Crippen molar-refractivity contribution in [1.29, 1.82) is 0 Å². The van der Waals surface area contributed by atoms with Crippen molar-refractivity contribution in [1.82, 2.24) is 10.0 Å². The summed E-state index contributed by atoms with van der Waals surface area (Å²) < 4.78 is 38.3. The highest BCUT2D eigenvalue weighted by molar-refractivity contribution is 7.99. The molecule has 98 valence electrons. The number of sulfonamides is 1. The summed E-state index contributed by atoms with van der Waals surface area (Å²) in [6.45, 7) is 0.795. The molecule has 6 nitrogen and oxygen atoms in total. The standard InChI is InChI=1S/C10H13N3O3S2/c1-11-5-6-13-18(15,16)9-4-2-3-8-10(9)17(14)7-12-8/h2-4,7,11,13H,5-6H2,1H3. The molecule has 8 heteroatoms. The van der Waals surface area contributed by atoms with E-state index in [4.69, 9.17) is 0 Å². The number of hydrogen-bond donors (Lipinski definition) is 2. The Kier molecular flexibility index (Phi) is 3.91. The highest BCUT2D eigenvalue weighted by Crippen LogP contribution is 2.32. The molecule has 0 fully saturated rings. The highest BCUT2D eigenvalue weighted by Gasteiger charge is 2.26. The molecule has 1 aromatic carbocycles. The molecule has 1 aliphatic rings. The minimum absolute atomic E-state index is 0.0342. The van der Waals surface area contributed by atoms with Gasteiger partial charge in [0, 0.05) is 13.1 Å². The zero-order valence-electron chi connectivity index (χ0n) is 9.71.